The molecule has 1 aliphatic carbocycles. The number of pyridine rings is 1. The lowest BCUT2D eigenvalue weighted by atomic mass is 10.1. The molecule has 6 nitrogen and oxygen atoms in total. The maximum atomic E-state index is 12.1. The van der Waals surface area contributed by atoms with Crippen LogP contribution in [0.15, 0.2) is 10.6 Å². The molecule has 21 heavy (non-hydrogen) atoms. The van der Waals surface area contributed by atoms with Gasteiger partial charge in [0.2, 0.25) is 0 Å². The molecule has 3 rings (SSSR count). The number of rotatable bonds is 3. The van der Waals surface area contributed by atoms with Crippen molar-refractivity contribution in [1.29, 1.82) is 0 Å². The first-order valence-electron chi connectivity index (χ1n) is 6.96. The number of carbonyl (C=O) groups is 1. The van der Waals surface area contributed by atoms with Crippen LogP contribution in [0.2, 0.25) is 0 Å². The Kier molecular flexibility index (Phi) is 3.11. The predicted octanol–water partition coefficient (Wildman–Crippen LogP) is 3.06. The van der Waals surface area contributed by atoms with Crippen molar-refractivity contribution in [3.63, 3.8) is 0 Å². The van der Waals surface area contributed by atoms with Crippen molar-refractivity contribution in [2.24, 2.45) is 0 Å². The molecular formula is C15H18N2O4. The van der Waals surface area contributed by atoms with E-state index in [2.05, 4.69) is 10.1 Å². The van der Waals surface area contributed by atoms with Crippen LogP contribution >= 0.6 is 0 Å². The van der Waals surface area contributed by atoms with Crippen LogP contribution in [0.4, 0.5) is 0 Å². The van der Waals surface area contributed by atoms with Crippen LogP contribution in [0, 0.1) is 0 Å². The van der Waals surface area contributed by atoms with E-state index >= 15 is 0 Å². The highest BCUT2D eigenvalue weighted by Gasteiger charge is 2.30. The summed E-state index contributed by atoms with van der Waals surface area (Å²) >= 11 is 0. The van der Waals surface area contributed by atoms with Crippen molar-refractivity contribution in [3.05, 3.63) is 17.3 Å². The maximum Gasteiger partial charge on any atom is 0.338 e. The third-order valence-corrected chi connectivity index (χ3v) is 3.24. The van der Waals surface area contributed by atoms with E-state index < -0.39 is 11.6 Å². The molecule has 1 aliphatic rings. The molecule has 2 aromatic rings. The number of carbonyl (C=O) groups excluding carboxylic acids is 1. The van der Waals surface area contributed by atoms with Gasteiger partial charge in [0, 0.05) is 11.6 Å². The number of hydrogen-bond donors (Lipinski definition) is 0. The Hall–Kier alpha value is -2.11. The van der Waals surface area contributed by atoms with Gasteiger partial charge in [0.1, 0.15) is 11.0 Å². The summed E-state index contributed by atoms with van der Waals surface area (Å²) in [5.74, 6) is 0.230. The third-order valence-electron chi connectivity index (χ3n) is 3.24. The van der Waals surface area contributed by atoms with E-state index in [1.165, 1.54) is 7.11 Å². The van der Waals surface area contributed by atoms with Gasteiger partial charge in [-0.3, -0.25) is 0 Å². The minimum Gasteiger partial charge on any atom is -0.469 e. The Bertz CT molecular complexity index is 695. The number of esters is 1. The van der Waals surface area contributed by atoms with Crippen LogP contribution in [-0.2, 0) is 4.74 Å². The molecule has 0 aliphatic heterocycles. The van der Waals surface area contributed by atoms with Gasteiger partial charge < -0.3 is 14.0 Å². The standard InChI is InChI=1S/C15H18N2O4/c1-15(2,3)20-13-11-9(14(18)19-4)7-10(8-5-6-8)16-12(11)21-17-13/h7-8H,5-6H2,1-4H3. The van der Waals surface area contributed by atoms with E-state index in [0.717, 1.165) is 18.5 Å². The van der Waals surface area contributed by atoms with Crippen molar-refractivity contribution < 1.29 is 18.8 Å². The molecule has 6 heteroatoms. The first-order valence-corrected chi connectivity index (χ1v) is 6.96. The number of nitrogens with zero attached hydrogens (tertiary/aromatic N) is 2. The molecule has 0 radical (unpaired) electrons. The number of aromatic nitrogens is 2. The molecule has 2 heterocycles. The van der Waals surface area contributed by atoms with E-state index in [4.69, 9.17) is 14.0 Å². The summed E-state index contributed by atoms with van der Waals surface area (Å²) in [6.45, 7) is 5.70. The summed E-state index contributed by atoms with van der Waals surface area (Å²) in [6.07, 6.45) is 2.16. The number of hydrogen-bond acceptors (Lipinski definition) is 6. The topological polar surface area (TPSA) is 74.5 Å². The average molecular weight is 290 g/mol. The van der Waals surface area contributed by atoms with E-state index in [1.54, 1.807) is 6.07 Å². The van der Waals surface area contributed by atoms with Gasteiger partial charge in [0.15, 0.2) is 0 Å². The fraction of sp³-hybridized carbons (Fsp3) is 0.533. The molecule has 0 unspecified atom stereocenters. The smallest absolute Gasteiger partial charge is 0.338 e. The highest BCUT2D eigenvalue weighted by Crippen LogP contribution is 2.41. The molecule has 1 saturated carbocycles. The van der Waals surface area contributed by atoms with E-state index in [-0.39, 0.29) is 5.88 Å². The molecule has 0 bridgehead atoms. The molecule has 112 valence electrons. The largest absolute Gasteiger partial charge is 0.469 e. The molecule has 0 atom stereocenters. The monoisotopic (exact) mass is 290 g/mol. The van der Waals surface area contributed by atoms with Crippen LogP contribution in [0.3, 0.4) is 0 Å². The fourth-order valence-electron chi connectivity index (χ4n) is 2.16. The lowest BCUT2D eigenvalue weighted by Gasteiger charge is -2.19. The zero-order valence-electron chi connectivity index (χ0n) is 12.6. The summed E-state index contributed by atoms with van der Waals surface area (Å²) < 4.78 is 15.9. The molecule has 0 amide bonds. The van der Waals surface area contributed by atoms with Gasteiger partial charge >= 0.3 is 5.97 Å². The van der Waals surface area contributed by atoms with Crippen molar-refractivity contribution in [3.8, 4) is 5.88 Å². The average Bonchev–Trinajstić information content (AvgIpc) is 3.19. The zero-order valence-corrected chi connectivity index (χ0v) is 12.6. The van der Waals surface area contributed by atoms with Crippen molar-refractivity contribution in [2.75, 3.05) is 7.11 Å². The van der Waals surface area contributed by atoms with Gasteiger partial charge in [-0.05, 0) is 44.8 Å². The lowest BCUT2D eigenvalue weighted by molar-refractivity contribution is 0.0601. The summed E-state index contributed by atoms with van der Waals surface area (Å²) in [6, 6.07) is 1.76. The number of methoxy groups -OCH3 is 1. The van der Waals surface area contributed by atoms with Crippen LogP contribution in [0.5, 0.6) is 5.88 Å². The second-order valence-electron chi connectivity index (χ2n) is 6.24. The van der Waals surface area contributed by atoms with Crippen LogP contribution < -0.4 is 4.74 Å². The maximum absolute atomic E-state index is 12.1. The second-order valence-corrected chi connectivity index (χ2v) is 6.24. The summed E-state index contributed by atoms with van der Waals surface area (Å²) in [5.41, 5.74) is 1.11. The first kappa shape index (κ1) is 13.9. The summed E-state index contributed by atoms with van der Waals surface area (Å²) in [4.78, 5) is 16.5. The Labute approximate surface area is 122 Å². The third kappa shape index (κ3) is 2.70. The molecule has 2 aromatic heterocycles. The predicted molar refractivity (Wildman–Crippen MR) is 75.5 cm³/mol. The molecule has 0 N–H and O–H groups in total. The second kappa shape index (κ2) is 4.72. The van der Waals surface area contributed by atoms with Crippen molar-refractivity contribution in [2.45, 2.75) is 45.1 Å². The van der Waals surface area contributed by atoms with Crippen molar-refractivity contribution >= 4 is 17.1 Å². The molecule has 0 aromatic carbocycles. The van der Waals surface area contributed by atoms with Crippen LogP contribution in [0.1, 0.15) is 55.6 Å². The SMILES string of the molecule is COC(=O)c1cc(C2CC2)nc2onc(OC(C)(C)C)c12. The van der Waals surface area contributed by atoms with E-state index in [0.29, 0.717) is 22.6 Å². The molecular weight excluding hydrogens is 272 g/mol. The fourth-order valence-corrected chi connectivity index (χ4v) is 2.16. The highest BCUT2D eigenvalue weighted by molar-refractivity contribution is 6.04. The van der Waals surface area contributed by atoms with Gasteiger partial charge in [-0.2, -0.15) is 0 Å². The molecule has 0 spiro atoms. The van der Waals surface area contributed by atoms with Crippen LogP contribution in [-0.4, -0.2) is 28.8 Å². The zero-order chi connectivity index (χ0) is 15.2. The van der Waals surface area contributed by atoms with Gasteiger partial charge in [-0.25, -0.2) is 9.78 Å². The number of fused-ring (bicyclic) bond motifs is 1. The summed E-state index contributed by atoms with van der Waals surface area (Å²) in [5, 5.41) is 4.38. The highest BCUT2D eigenvalue weighted by atomic mass is 16.6. The Morgan fingerprint density at radius 2 is 2.10 bits per heavy atom. The molecule has 0 saturated heterocycles. The van der Waals surface area contributed by atoms with E-state index in [1.807, 2.05) is 20.8 Å². The first-order chi connectivity index (χ1) is 9.89. The quantitative estimate of drug-likeness (QED) is 0.809. The molecule has 1 fully saturated rings. The van der Waals surface area contributed by atoms with Gasteiger partial charge in [0.25, 0.3) is 11.6 Å². The van der Waals surface area contributed by atoms with E-state index in [9.17, 15) is 4.79 Å². The van der Waals surface area contributed by atoms with Gasteiger partial charge in [-0.15, -0.1) is 0 Å². The van der Waals surface area contributed by atoms with Gasteiger partial charge in [-0.1, -0.05) is 0 Å². The Morgan fingerprint density at radius 1 is 1.38 bits per heavy atom. The Balaban J connectivity index is 2.16. The minimum atomic E-state index is -0.452. The normalized spacial score (nSPS) is 15.2. The Morgan fingerprint density at radius 3 is 2.67 bits per heavy atom. The number of ether oxygens (including phenoxy) is 2. The summed E-state index contributed by atoms with van der Waals surface area (Å²) in [7, 11) is 1.35. The van der Waals surface area contributed by atoms with Crippen molar-refractivity contribution in [1.82, 2.24) is 10.1 Å². The van der Waals surface area contributed by atoms with Crippen LogP contribution in [0.25, 0.3) is 11.1 Å². The minimum absolute atomic E-state index is 0.271. The van der Waals surface area contributed by atoms with Gasteiger partial charge in [0.05, 0.1) is 12.7 Å². The lowest BCUT2D eigenvalue weighted by Crippen LogP contribution is -2.23.